The van der Waals surface area contributed by atoms with Crippen LogP contribution in [-0.2, 0) is 11.2 Å². The van der Waals surface area contributed by atoms with Crippen LogP contribution >= 0.6 is 34.5 Å². The summed E-state index contributed by atoms with van der Waals surface area (Å²) in [7, 11) is 0. The normalized spacial score (nSPS) is 19.7. The van der Waals surface area contributed by atoms with Crippen LogP contribution in [0.3, 0.4) is 0 Å². The minimum Gasteiger partial charge on any atom is -0.481 e. The molecule has 2 aromatic heterocycles. The number of thiazole rings is 1. The molecule has 1 amide bonds. The molecule has 0 spiro atoms. The fourth-order valence-corrected chi connectivity index (χ4v) is 6.42. The second-order valence-corrected chi connectivity index (χ2v) is 11.8. The summed E-state index contributed by atoms with van der Waals surface area (Å²) in [6.07, 6.45) is 6.97. The highest BCUT2D eigenvalue weighted by Crippen LogP contribution is 2.44. The summed E-state index contributed by atoms with van der Waals surface area (Å²) < 4.78 is 1.91. The zero-order valence-corrected chi connectivity index (χ0v) is 22.5. The Hall–Kier alpha value is -2.42. The summed E-state index contributed by atoms with van der Waals surface area (Å²) in [6.45, 7) is 4.12. The summed E-state index contributed by atoms with van der Waals surface area (Å²) >= 11 is 15.0. The summed E-state index contributed by atoms with van der Waals surface area (Å²) in [5.41, 5.74) is 3.33. The van der Waals surface area contributed by atoms with E-state index in [1.54, 1.807) is 6.20 Å². The molecule has 2 heterocycles. The molecule has 0 saturated heterocycles. The molecule has 5 rings (SSSR count). The molecule has 7 nitrogen and oxygen atoms in total. The van der Waals surface area contributed by atoms with E-state index in [-0.39, 0.29) is 23.9 Å². The highest BCUT2D eigenvalue weighted by atomic mass is 35.5. The maximum Gasteiger partial charge on any atom is 0.306 e. The lowest BCUT2D eigenvalue weighted by Gasteiger charge is -2.32. The van der Waals surface area contributed by atoms with Gasteiger partial charge in [0.25, 0.3) is 5.91 Å². The van der Waals surface area contributed by atoms with Crippen molar-refractivity contribution in [3.8, 4) is 21.7 Å². The highest BCUT2D eigenvalue weighted by molar-refractivity contribution is 7.17. The smallest absolute Gasteiger partial charge is 0.306 e. The van der Waals surface area contributed by atoms with Crippen molar-refractivity contribution < 1.29 is 14.7 Å². The van der Waals surface area contributed by atoms with Crippen molar-refractivity contribution >= 4 is 46.4 Å². The minimum absolute atomic E-state index is 0.135. The molecule has 1 aromatic carbocycles. The topological polar surface area (TPSA) is 97.1 Å². The number of nitrogens with zero attached hydrogens (tertiary/aromatic N) is 3. The van der Waals surface area contributed by atoms with Crippen LogP contribution in [0, 0.1) is 11.8 Å². The number of carbonyl (C=O) groups is 2. The van der Waals surface area contributed by atoms with Gasteiger partial charge in [0.05, 0.1) is 32.2 Å². The van der Waals surface area contributed by atoms with E-state index in [0.717, 1.165) is 46.7 Å². The number of benzene rings is 1. The fourth-order valence-electron chi connectivity index (χ4n) is 4.81. The summed E-state index contributed by atoms with van der Waals surface area (Å²) in [5, 5.41) is 17.7. The van der Waals surface area contributed by atoms with Gasteiger partial charge in [0, 0.05) is 29.4 Å². The molecule has 2 saturated carbocycles. The first kappa shape index (κ1) is 25.2. The quantitative estimate of drug-likeness (QED) is 0.336. The van der Waals surface area contributed by atoms with Gasteiger partial charge in [-0.1, -0.05) is 54.6 Å². The van der Waals surface area contributed by atoms with Crippen molar-refractivity contribution in [2.45, 2.75) is 64.5 Å². The van der Waals surface area contributed by atoms with Crippen molar-refractivity contribution in [3.05, 3.63) is 45.1 Å². The van der Waals surface area contributed by atoms with Crippen LogP contribution in [0.15, 0.2) is 24.4 Å². The lowest BCUT2D eigenvalue weighted by atomic mass is 9.80. The standard InChI is InChI=1S/C26H28Cl2N4O3S/c1-13(2)32-20(8-9-29-32)17-6-7-18(22(28)21(17)27)23-19(10-14-4-3-5-14)31-25(36-23)24(33)30-16-11-15(12-16)26(34)35/h6-9,13-16H,3-5,10-12H2,1-2H3,(H,30,33)(H,34,35). The molecule has 3 aromatic rings. The number of carbonyl (C=O) groups excluding carboxylic acids is 1. The predicted octanol–water partition coefficient (Wildman–Crippen LogP) is 6.50. The second kappa shape index (κ2) is 10.1. The van der Waals surface area contributed by atoms with Crippen molar-refractivity contribution in [2.75, 3.05) is 0 Å². The Bertz CT molecular complexity index is 1310. The van der Waals surface area contributed by atoms with Gasteiger partial charge < -0.3 is 10.4 Å². The predicted molar refractivity (Wildman–Crippen MR) is 142 cm³/mol. The number of hydrogen-bond acceptors (Lipinski definition) is 5. The van der Waals surface area contributed by atoms with E-state index in [2.05, 4.69) is 24.3 Å². The van der Waals surface area contributed by atoms with Gasteiger partial charge in [-0.2, -0.15) is 5.10 Å². The Morgan fingerprint density at radius 2 is 1.86 bits per heavy atom. The van der Waals surface area contributed by atoms with Crippen molar-refractivity contribution in [1.82, 2.24) is 20.1 Å². The van der Waals surface area contributed by atoms with E-state index in [1.165, 1.54) is 17.8 Å². The van der Waals surface area contributed by atoms with Gasteiger partial charge in [-0.3, -0.25) is 14.3 Å². The molecule has 2 aliphatic rings. The third-order valence-corrected chi connectivity index (χ3v) is 9.19. The minimum atomic E-state index is -0.814. The van der Waals surface area contributed by atoms with Crippen molar-refractivity contribution in [1.29, 1.82) is 0 Å². The lowest BCUT2D eigenvalue weighted by Crippen LogP contribution is -2.46. The van der Waals surface area contributed by atoms with Gasteiger partial charge >= 0.3 is 5.97 Å². The molecule has 2 N–H and O–H groups in total. The Labute approximate surface area is 223 Å². The maximum absolute atomic E-state index is 13.0. The average molecular weight is 548 g/mol. The van der Waals surface area contributed by atoms with Crippen LogP contribution in [0.1, 0.15) is 67.5 Å². The van der Waals surface area contributed by atoms with Crippen molar-refractivity contribution in [2.24, 2.45) is 11.8 Å². The number of halogens is 2. The summed E-state index contributed by atoms with van der Waals surface area (Å²) in [4.78, 5) is 29.6. The van der Waals surface area contributed by atoms with E-state index >= 15 is 0 Å². The van der Waals surface area contributed by atoms with Crippen LogP contribution in [0.4, 0.5) is 0 Å². The number of nitrogens with one attached hydrogen (secondary N) is 1. The Morgan fingerprint density at radius 1 is 1.17 bits per heavy atom. The lowest BCUT2D eigenvalue weighted by molar-refractivity contribution is -0.145. The number of rotatable bonds is 8. The molecule has 190 valence electrons. The zero-order valence-electron chi connectivity index (χ0n) is 20.1. The fraction of sp³-hybridized carbons (Fsp3) is 0.462. The molecular formula is C26H28Cl2N4O3S. The molecular weight excluding hydrogens is 519 g/mol. The molecule has 0 atom stereocenters. The number of hydrogen-bond donors (Lipinski definition) is 2. The number of aliphatic carboxylic acids is 1. The van der Waals surface area contributed by atoms with Crippen LogP contribution < -0.4 is 5.32 Å². The van der Waals surface area contributed by atoms with Crippen LogP contribution in [0.25, 0.3) is 21.7 Å². The summed E-state index contributed by atoms with van der Waals surface area (Å²) in [6, 6.07) is 5.85. The first-order valence-corrected chi connectivity index (χ1v) is 13.9. The van der Waals surface area contributed by atoms with Crippen LogP contribution in [-0.4, -0.2) is 37.8 Å². The molecule has 0 unspecified atom stereocenters. The van der Waals surface area contributed by atoms with E-state index in [0.29, 0.717) is 33.8 Å². The van der Waals surface area contributed by atoms with Crippen LogP contribution in [0.2, 0.25) is 10.0 Å². The molecule has 0 bridgehead atoms. The van der Waals surface area contributed by atoms with Gasteiger partial charge in [0.15, 0.2) is 5.01 Å². The monoisotopic (exact) mass is 546 g/mol. The van der Waals surface area contributed by atoms with Gasteiger partial charge in [-0.25, -0.2) is 4.98 Å². The molecule has 0 aliphatic heterocycles. The molecule has 36 heavy (non-hydrogen) atoms. The Kier molecular flexibility index (Phi) is 7.12. The number of amides is 1. The molecule has 2 aliphatic carbocycles. The Balaban J connectivity index is 1.46. The van der Waals surface area contributed by atoms with Gasteiger partial charge in [-0.05, 0) is 45.1 Å². The molecule has 2 fully saturated rings. The zero-order chi connectivity index (χ0) is 25.6. The average Bonchev–Trinajstić information content (AvgIpc) is 3.42. The third kappa shape index (κ3) is 4.78. The van der Waals surface area contributed by atoms with E-state index in [1.807, 2.05) is 22.9 Å². The van der Waals surface area contributed by atoms with E-state index < -0.39 is 5.97 Å². The first-order chi connectivity index (χ1) is 17.2. The highest BCUT2D eigenvalue weighted by Gasteiger charge is 2.36. The van der Waals surface area contributed by atoms with E-state index in [4.69, 9.17) is 33.3 Å². The second-order valence-electron chi connectivity index (χ2n) is 10.0. The van der Waals surface area contributed by atoms with Gasteiger partial charge in [0.1, 0.15) is 0 Å². The van der Waals surface area contributed by atoms with Crippen molar-refractivity contribution in [3.63, 3.8) is 0 Å². The summed E-state index contributed by atoms with van der Waals surface area (Å²) in [5.74, 6) is -0.915. The molecule has 0 radical (unpaired) electrons. The number of carboxylic acids is 1. The van der Waals surface area contributed by atoms with Gasteiger partial charge in [0.2, 0.25) is 0 Å². The van der Waals surface area contributed by atoms with Gasteiger partial charge in [-0.15, -0.1) is 11.3 Å². The maximum atomic E-state index is 13.0. The van der Waals surface area contributed by atoms with Crippen LogP contribution in [0.5, 0.6) is 0 Å². The number of aromatic nitrogens is 3. The Morgan fingerprint density at radius 3 is 2.50 bits per heavy atom. The number of carboxylic acid groups (broad SMARTS) is 1. The van der Waals surface area contributed by atoms with E-state index in [9.17, 15) is 9.59 Å². The first-order valence-electron chi connectivity index (χ1n) is 12.3. The SMILES string of the molecule is CC(C)n1nccc1-c1ccc(-c2sc(C(=O)NC3CC(C(=O)O)C3)nc2CC2CCC2)c(Cl)c1Cl. The largest absolute Gasteiger partial charge is 0.481 e. The molecule has 10 heteroatoms. The third-order valence-electron chi connectivity index (χ3n) is 7.18.